The van der Waals surface area contributed by atoms with Gasteiger partial charge in [-0.05, 0) is 54.8 Å². The van der Waals surface area contributed by atoms with Gasteiger partial charge in [-0.25, -0.2) is 0 Å². The van der Waals surface area contributed by atoms with Crippen molar-refractivity contribution >= 4 is 29.9 Å². The first kappa shape index (κ1) is 20.6. The quantitative estimate of drug-likeness (QED) is 0.751. The van der Waals surface area contributed by atoms with Gasteiger partial charge in [0.2, 0.25) is 5.91 Å². The Kier molecular flexibility index (Phi) is 8.23. The number of rotatable bonds is 7. The Labute approximate surface area is 165 Å². The second-order valence-corrected chi connectivity index (χ2v) is 6.77. The van der Waals surface area contributed by atoms with Crippen LogP contribution in [0, 0.1) is 0 Å². The van der Waals surface area contributed by atoms with Gasteiger partial charge in [-0.15, -0.1) is 12.4 Å². The molecule has 0 saturated carbocycles. The van der Waals surface area contributed by atoms with E-state index in [2.05, 4.69) is 10.6 Å². The lowest BCUT2D eigenvalue weighted by molar-refractivity contribution is -0.120. The Bertz CT molecular complexity index is 701. The molecule has 2 N–H and O–H groups in total. The summed E-state index contributed by atoms with van der Waals surface area (Å²) in [6.07, 6.45) is 2.69. The van der Waals surface area contributed by atoms with E-state index in [0.717, 1.165) is 29.8 Å². The number of hydrogen-bond donors (Lipinski definition) is 2. The third-order valence-corrected chi connectivity index (χ3v) is 4.54. The monoisotopic (exact) mass is 394 g/mol. The number of halogens is 2. The van der Waals surface area contributed by atoms with E-state index in [-0.39, 0.29) is 18.3 Å². The van der Waals surface area contributed by atoms with E-state index in [1.54, 1.807) is 0 Å². The molecule has 1 aliphatic rings. The summed E-state index contributed by atoms with van der Waals surface area (Å²) in [7, 11) is 0. The van der Waals surface area contributed by atoms with Crippen molar-refractivity contribution in [3.8, 4) is 5.75 Å². The van der Waals surface area contributed by atoms with Gasteiger partial charge in [0.25, 0.3) is 0 Å². The molecule has 1 aliphatic heterocycles. The Morgan fingerprint density at radius 2 is 2.00 bits per heavy atom. The summed E-state index contributed by atoms with van der Waals surface area (Å²) in [6.45, 7) is 2.22. The molecule has 1 saturated heterocycles. The maximum Gasteiger partial charge on any atom is 0.224 e. The topological polar surface area (TPSA) is 50.4 Å². The van der Waals surface area contributed by atoms with E-state index in [9.17, 15) is 4.79 Å². The molecule has 6 heteroatoms. The van der Waals surface area contributed by atoms with Crippen LogP contribution in [0.5, 0.6) is 5.75 Å². The smallest absolute Gasteiger partial charge is 0.224 e. The van der Waals surface area contributed by atoms with Gasteiger partial charge in [-0.3, -0.25) is 4.79 Å². The number of benzene rings is 2. The van der Waals surface area contributed by atoms with Crippen molar-refractivity contribution in [1.82, 2.24) is 10.6 Å². The van der Waals surface area contributed by atoms with E-state index in [1.807, 2.05) is 48.5 Å². The fourth-order valence-corrected chi connectivity index (χ4v) is 3.03. The van der Waals surface area contributed by atoms with E-state index in [4.69, 9.17) is 16.3 Å². The molecule has 4 nitrogen and oxygen atoms in total. The summed E-state index contributed by atoms with van der Waals surface area (Å²) < 4.78 is 5.81. The Hall–Kier alpha value is -1.75. The molecule has 140 valence electrons. The first-order valence-electron chi connectivity index (χ1n) is 8.65. The van der Waals surface area contributed by atoms with E-state index >= 15 is 0 Å². The molecule has 2 aromatic carbocycles. The fourth-order valence-electron chi connectivity index (χ4n) is 2.91. The number of nitrogens with one attached hydrogen (secondary N) is 2. The minimum absolute atomic E-state index is 0. The summed E-state index contributed by atoms with van der Waals surface area (Å²) in [5.74, 6) is 0.807. The summed E-state index contributed by atoms with van der Waals surface area (Å²) in [5.41, 5.74) is 2.00. The lowest BCUT2D eigenvalue weighted by atomic mass is 10.1. The predicted octanol–water partition coefficient (Wildman–Crippen LogP) is 3.75. The minimum atomic E-state index is 0. The SMILES string of the molecule is Cl.O=C(Cc1cccc(OCc2ccc(Cl)cc2)c1)NCC1CCCN1. The van der Waals surface area contributed by atoms with Gasteiger partial charge in [-0.1, -0.05) is 35.9 Å². The van der Waals surface area contributed by atoms with Gasteiger partial charge in [0.1, 0.15) is 12.4 Å². The van der Waals surface area contributed by atoms with Crippen molar-refractivity contribution in [2.75, 3.05) is 13.1 Å². The van der Waals surface area contributed by atoms with Crippen LogP contribution in [-0.4, -0.2) is 25.0 Å². The number of carbonyl (C=O) groups is 1. The number of hydrogen-bond acceptors (Lipinski definition) is 3. The zero-order valence-corrected chi connectivity index (χ0v) is 16.1. The molecule has 3 rings (SSSR count). The predicted molar refractivity (Wildman–Crippen MR) is 107 cm³/mol. The standard InChI is InChI=1S/C20H23ClN2O2.ClH/c21-17-8-6-15(7-9-17)14-25-19-5-1-3-16(11-19)12-20(24)23-13-18-4-2-10-22-18;/h1,3,5-9,11,18,22H,2,4,10,12-14H2,(H,23,24);1H. The first-order chi connectivity index (χ1) is 12.2. The lowest BCUT2D eigenvalue weighted by Crippen LogP contribution is -2.37. The Morgan fingerprint density at radius 1 is 1.19 bits per heavy atom. The van der Waals surface area contributed by atoms with Crippen LogP contribution in [0.4, 0.5) is 0 Å². The van der Waals surface area contributed by atoms with Gasteiger partial charge < -0.3 is 15.4 Å². The average Bonchev–Trinajstić information content (AvgIpc) is 3.13. The second-order valence-electron chi connectivity index (χ2n) is 6.34. The highest BCUT2D eigenvalue weighted by Gasteiger charge is 2.14. The van der Waals surface area contributed by atoms with Crippen LogP contribution in [0.3, 0.4) is 0 Å². The van der Waals surface area contributed by atoms with Gasteiger partial charge in [0, 0.05) is 17.6 Å². The van der Waals surface area contributed by atoms with Gasteiger partial charge >= 0.3 is 0 Å². The lowest BCUT2D eigenvalue weighted by Gasteiger charge is -2.12. The average molecular weight is 395 g/mol. The van der Waals surface area contributed by atoms with E-state index in [1.165, 1.54) is 6.42 Å². The molecule has 0 aliphatic carbocycles. The van der Waals surface area contributed by atoms with Crippen molar-refractivity contribution < 1.29 is 9.53 Å². The molecule has 26 heavy (non-hydrogen) atoms. The van der Waals surface area contributed by atoms with Crippen molar-refractivity contribution in [3.63, 3.8) is 0 Å². The molecule has 0 aromatic heterocycles. The molecule has 0 spiro atoms. The van der Waals surface area contributed by atoms with Crippen molar-refractivity contribution in [3.05, 3.63) is 64.7 Å². The number of carbonyl (C=O) groups excluding carboxylic acids is 1. The zero-order valence-electron chi connectivity index (χ0n) is 14.5. The zero-order chi connectivity index (χ0) is 17.5. The molecule has 1 atom stereocenters. The van der Waals surface area contributed by atoms with Crippen LogP contribution in [0.2, 0.25) is 5.02 Å². The Balaban J connectivity index is 0.00000243. The van der Waals surface area contributed by atoms with Crippen LogP contribution in [0.15, 0.2) is 48.5 Å². The molecule has 1 heterocycles. The molecular weight excluding hydrogens is 371 g/mol. The molecule has 2 aromatic rings. The van der Waals surface area contributed by atoms with Crippen LogP contribution >= 0.6 is 24.0 Å². The summed E-state index contributed by atoms with van der Waals surface area (Å²) in [5, 5.41) is 7.09. The van der Waals surface area contributed by atoms with Crippen molar-refractivity contribution in [1.29, 1.82) is 0 Å². The molecule has 0 bridgehead atoms. The van der Waals surface area contributed by atoms with Gasteiger partial charge in [0.05, 0.1) is 6.42 Å². The van der Waals surface area contributed by atoms with Crippen LogP contribution in [-0.2, 0) is 17.8 Å². The van der Waals surface area contributed by atoms with Crippen molar-refractivity contribution in [2.45, 2.75) is 31.9 Å². The summed E-state index contributed by atoms with van der Waals surface area (Å²) in [6, 6.07) is 15.7. The highest BCUT2D eigenvalue weighted by Crippen LogP contribution is 2.17. The molecule has 1 amide bonds. The Morgan fingerprint density at radius 3 is 2.73 bits per heavy atom. The van der Waals surface area contributed by atoms with Gasteiger partial charge in [0.15, 0.2) is 0 Å². The molecule has 1 fully saturated rings. The fraction of sp³-hybridized carbons (Fsp3) is 0.350. The third-order valence-electron chi connectivity index (χ3n) is 4.29. The summed E-state index contributed by atoms with van der Waals surface area (Å²) >= 11 is 5.88. The van der Waals surface area contributed by atoms with Crippen LogP contribution < -0.4 is 15.4 Å². The van der Waals surface area contributed by atoms with Crippen LogP contribution in [0.25, 0.3) is 0 Å². The van der Waals surface area contributed by atoms with Gasteiger partial charge in [-0.2, -0.15) is 0 Å². The van der Waals surface area contributed by atoms with E-state index in [0.29, 0.717) is 30.6 Å². The van der Waals surface area contributed by atoms with E-state index < -0.39 is 0 Å². The molecule has 1 unspecified atom stereocenters. The third kappa shape index (κ3) is 6.52. The number of amides is 1. The molecular formula is C20H24Cl2N2O2. The molecule has 0 radical (unpaired) electrons. The van der Waals surface area contributed by atoms with Crippen LogP contribution in [0.1, 0.15) is 24.0 Å². The normalized spacial score (nSPS) is 16.0. The maximum atomic E-state index is 12.1. The number of ether oxygens (including phenoxy) is 1. The highest BCUT2D eigenvalue weighted by atomic mass is 35.5. The minimum Gasteiger partial charge on any atom is -0.489 e. The first-order valence-corrected chi connectivity index (χ1v) is 9.03. The maximum absolute atomic E-state index is 12.1. The summed E-state index contributed by atoms with van der Waals surface area (Å²) in [4.78, 5) is 12.1. The highest BCUT2D eigenvalue weighted by molar-refractivity contribution is 6.30. The second kappa shape index (κ2) is 10.4. The van der Waals surface area contributed by atoms with Crippen molar-refractivity contribution in [2.24, 2.45) is 0 Å². The largest absolute Gasteiger partial charge is 0.489 e.